The topological polar surface area (TPSA) is 69.5 Å². The highest BCUT2D eigenvalue weighted by atomic mass is 32.1. The predicted octanol–water partition coefficient (Wildman–Crippen LogP) is 4.24. The lowest BCUT2D eigenvalue weighted by Gasteiger charge is -2.12. The zero-order chi connectivity index (χ0) is 17.1. The largest absolute Gasteiger partial charge is 0.482 e. The molecule has 4 rings (SSSR count). The van der Waals surface area contributed by atoms with Crippen LogP contribution in [0.5, 0.6) is 5.06 Å². The number of thiazole rings is 2. The van der Waals surface area contributed by atoms with Gasteiger partial charge in [0, 0.05) is 30.6 Å². The Labute approximate surface area is 153 Å². The van der Waals surface area contributed by atoms with Gasteiger partial charge in [0.05, 0.1) is 11.5 Å². The molecule has 25 heavy (non-hydrogen) atoms. The molecule has 0 amide bonds. The van der Waals surface area contributed by atoms with Gasteiger partial charge < -0.3 is 9.57 Å². The molecule has 128 valence electrons. The van der Waals surface area contributed by atoms with Crippen molar-refractivity contribution >= 4 is 28.4 Å². The molecule has 4 heterocycles. The summed E-state index contributed by atoms with van der Waals surface area (Å²) in [6.07, 6.45) is 7.06. The Hall–Kier alpha value is -2.32. The van der Waals surface area contributed by atoms with Crippen LogP contribution in [0, 0.1) is 0 Å². The molecule has 0 radical (unpaired) electrons. The van der Waals surface area contributed by atoms with Gasteiger partial charge in [-0.2, -0.15) is 0 Å². The second-order valence-electron chi connectivity index (χ2n) is 5.40. The first kappa shape index (κ1) is 16.2. The minimum Gasteiger partial charge on any atom is -0.482 e. The average Bonchev–Trinajstić information content (AvgIpc) is 3.30. The van der Waals surface area contributed by atoms with Gasteiger partial charge in [0.1, 0.15) is 28.0 Å². The maximum atomic E-state index is 5.75. The van der Waals surface area contributed by atoms with Gasteiger partial charge in [-0.05, 0) is 18.6 Å². The molecule has 8 heteroatoms. The molecule has 3 aromatic rings. The third kappa shape index (κ3) is 3.40. The number of hydrogen-bond acceptors (Lipinski definition) is 8. The summed E-state index contributed by atoms with van der Waals surface area (Å²) in [6, 6.07) is 3.91. The quantitative estimate of drug-likeness (QED) is 0.495. The van der Waals surface area contributed by atoms with Gasteiger partial charge in [-0.25, -0.2) is 9.97 Å². The lowest BCUT2D eigenvalue weighted by molar-refractivity contribution is 0.143. The maximum Gasteiger partial charge on any atom is 0.204 e. The number of pyridine rings is 1. The molecule has 0 saturated carbocycles. The second kappa shape index (κ2) is 7.28. The molecule has 0 spiro atoms. The first-order valence-corrected chi connectivity index (χ1v) is 9.68. The molecular weight excluding hydrogens is 356 g/mol. The highest BCUT2D eigenvalue weighted by molar-refractivity contribution is 7.24. The van der Waals surface area contributed by atoms with Crippen molar-refractivity contribution in [3.05, 3.63) is 36.4 Å². The lowest BCUT2D eigenvalue weighted by atomic mass is 10.2. The van der Waals surface area contributed by atoms with E-state index in [1.165, 1.54) is 11.3 Å². The van der Waals surface area contributed by atoms with E-state index in [0.29, 0.717) is 19.6 Å². The van der Waals surface area contributed by atoms with E-state index in [0.717, 1.165) is 43.3 Å². The number of fused-ring (bicyclic) bond motifs is 1. The number of nitrogens with zero attached hydrogens (tertiary/aromatic N) is 4. The first-order valence-electron chi connectivity index (χ1n) is 8.04. The van der Waals surface area contributed by atoms with Crippen molar-refractivity contribution in [1.82, 2.24) is 15.0 Å². The fourth-order valence-corrected chi connectivity index (χ4v) is 4.26. The molecular formula is C17H16N4O2S2. The maximum absolute atomic E-state index is 5.75. The molecule has 0 bridgehead atoms. The van der Waals surface area contributed by atoms with Crippen LogP contribution in [0.2, 0.25) is 0 Å². The number of aromatic nitrogens is 3. The third-order valence-electron chi connectivity index (χ3n) is 3.54. The van der Waals surface area contributed by atoms with Crippen LogP contribution in [0.15, 0.2) is 35.9 Å². The minimum atomic E-state index is 0.604. The summed E-state index contributed by atoms with van der Waals surface area (Å²) in [6.45, 7) is 3.27. The van der Waals surface area contributed by atoms with E-state index < -0.39 is 0 Å². The fraction of sp³-hybridized carbons (Fsp3) is 0.294. The van der Waals surface area contributed by atoms with E-state index in [1.54, 1.807) is 17.5 Å². The molecule has 1 aliphatic heterocycles. The van der Waals surface area contributed by atoms with Crippen molar-refractivity contribution in [3.63, 3.8) is 0 Å². The van der Waals surface area contributed by atoms with E-state index in [4.69, 9.17) is 14.6 Å². The van der Waals surface area contributed by atoms with Crippen LogP contribution in [0.3, 0.4) is 0 Å². The molecule has 0 aliphatic carbocycles. The smallest absolute Gasteiger partial charge is 0.204 e. The van der Waals surface area contributed by atoms with Crippen LogP contribution < -0.4 is 4.74 Å². The summed E-state index contributed by atoms with van der Waals surface area (Å²) in [5, 5.41) is 6.86. The minimum absolute atomic E-state index is 0.604. The zero-order valence-electron chi connectivity index (χ0n) is 13.6. The third-order valence-corrected chi connectivity index (χ3v) is 5.72. The average molecular weight is 372 g/mol. The molecule has 0 atom stereocenters. The Morgan fingerprint density at radius 1 is 1.28 bits per heavy atom. The summed E-state index contributed by atoms with van der Waals surface area (Å²) in [5.74, 6) is 0. The van der Waals surface area contributed by atoms with Gasteiger partial charge >= 0.3 is 0 Å². The summed E-state index contributed by atoms with van der Waals surface area (Å²) in [7, 11) is 0. The molecule has 3 aromatic heterocycles. The first-order chi connectivity index (χ1) is 12.3. The SMILES string of the molecule is CCCO/N=C1\CCOc2sc(-c3cnc(-c4cccnc4)s3)nc21. The molecule has 6 nitrogen and oxygen atoms in total. The van der Waals surface area contributed by atoms with Gasteiger partial charge in [0.15, 0.2) is 0 Å². The van der Waals surface area contributed by atoms with Crippen molar-refractivity contribution in [2.45, 2.75) is 19.8 Å². The van der Waals surface area contributed by atoms with Gasteiger partial charge in [0.2, 0.25) is 5.06 Å². The summed E-state index contributed by atoms with van der Waals surface area (Å²) in [5.41, 5.74) is 2.65. The van der Waals surface area contributed by atoms with Gasteiger partial charge in [-0.15, -0.1) is 11.3 Å². The highest BCUT2D eigenvalue weighted by Crippen LogP contribution is 2.40. The van der Waals surface area contributed by atoms with E-state index in [2.05, 4.69) is 22.0 Å². The van der Waals surface area contributed by atoms with Crippen molar-refractivity contribution in [3.8, 4) is 25.5 Å². The Balaban J connectivity index is 1.63. The molecule has 1 aliphatic rings. The number of ether oxygens (including phenoxy) is 1. The van der Waals surface area contributed by atoms with Crippen LogP contribution in [0.1, 0.15) is 25.5 Å². The summed E-state index contributed by atoms with van der Waals surface area (Å²) in [4.78, 5) is 19.7. The molecule has 0 unspecified atom stereocenters. The van der Waals surface area contributed by atoms with Gasteiger partial charge in [-0.1, -0.05) is 23.4 Å². The van der Waals surface area contributed by atoms with E-state index in [9.17, 15) is 0 Å². The number of hydrogen-bond donors (Lipinski definition) is 0. The molecule has 0 N–H and O–H groups in total. The van der Waals surface area contributed by atoms with Gasteiger partial charge in [-0.3, -0.25) is 4.98 Å². The Morgan fingerprint density at radius 3 is 3.08 bits per heavy atom. The Kier molecular flexibility index (Phi) is 4.71. The fourth-order valence-electron chi connectivity index (χ4n) is 2.35. The number of oxime groups is 1. The van der Waals surface area contributed by atoms with Crippen LogP contribution >= 0.6 is 22.7 Å². The van der Waals surface area contributed by atoms with Crippen LogP contribution in [0.25, 0.3) is 20.5 Å². The number of rotatable bonds is 5. The standard InChI is InChI=1S/C17H16N4O2S2/c1-2-7-23-21-12-5-8-22-17-14(12)20-16(25-17)13-10-19-15(24-13)11-4-3-6-18-9-11/h3-4,6,9-10H,2,5,7-8H2,1H3/b21-12+. The van der Waals surface area contributed by atoms with Crippen molar-refractivity contribution < 1.29 is 9.57 Å². The highest BCUT2D eigenvalue weighted by Gasteiger charge is 2.24. The van der Waals surface area contributed by atoms with Crippen LogP contribution in [-0.4, -0.2) is 33.9 Å². The van der Waals surface area contributed by atoms with Crippen molar-refractivity contribution in [1.29, 1.82) is 0 Å². The van der Waals surface area contributed by atoms with Crippen molar-refractivity contribution in [2.75, 3.05) is 13.2 Å². The van der Waals surface area contributed by atoms with E-state index in [1.807, 2.05) is 24.5 Å². The van der Waals surface area contributed by atoms with E-state index in [-0.39, 0.29) is 0 Å². The molecule has 0 aromatic carbocycles. The monoisotopic (exact) mass is 372 g/mol. The van der Waals surface area contributed by atoms with Crippen LogP contribution in [0.4, 0.5) is 0 Å². The predicted molar refractivity (Wildman–Crippen MR) is 99.3 cm³/mol. The Morgan fingerprint density at radius 2 is 2.24 bits per heavy atom. The second-order valence-corrected chi connectivity index (χ2v) is 7.39. The van der Waals surface area contributed by atoms with E-state index >= 15 is 0 Å². The van der Waals surface area contributed by atoms with Crippen molar-refractivity contribution in [2.24, 2.45) is 5.16 Å². The molecule has 0 fully saturated rings. The lowest BCUT2D eigenvalue weighted by Crippen LogP contribution is -2.16. The Bertz CT molecular complexity index is 889. The summed E-state index contributed by atoms with van der Waals surface area (Å²) >= 11 is 3.12. The molecule has 0 saturated heterocycles. The van der Waals surface area contributed by atoms with Crippen LogP contribution in [-0.2, 0) is 4.84 Å². The zero-order valence-corrected chi connectivity index (χ0v) is 15.3. The summed E-state index contributed by atoms with van der Waals surface area (Å²) < 4.78 is 5.75. The normalized spacial score (nSPS) is 15.0. The van der Waals surface area contributed by atoms with Gasteiger partial charge in [0.25, 0.3) is 0 Å².